The van der Waals surface area contributed by atoms with Crippen LogP contribution in [0, 0.1) is 11.8 Å². The molecule has 1 atom stereocenters. The van der Waals surface area contributed by atoms with Gasteiger partial charge >= 0.3 is 0 Å². The number of carbonyl (C=O) groups is 1. The lowest BCUT2D eigenvalue weighted by atomic mass is 9.99. The van der Waals surface area contributed by atoms with Gasteiger partial charge in [0.15, 0.2) is 0 Å². The Morgan fingerprint density at radius 2 is 2.06 bits per heavy atom. The largest absolute Gasteiger partial charge is 0.356 e. The molecule has 2 fully saturated rings. The summed E-state index contributed by atoms with van der Waals surface area (Å²) in [6.45, 7) is 1.37. The molecule has 98 valence electrons. The molecule has 1 unspecified atom stereocenters. The van der Waals surface area contributed by atoms with E-state index in [-0.39, 0.29) is 18.4 Å². The molecule has 0 aromatic heterocycles. The highest BCUT2D eigenvalue weighted by Gasteiger charge is 2.31. The SMILES string of the molecule is NS(=O)(=O)N1CCCC(C(=O)NCC2CC2)C1. The lowest BCUT2D eigenvalue weighted by Gasteiger charge is -2.29. The molecule has 1 saturated heterocycles. The number of carbonyl (C=O) groups excluding carboxylic acids is 1. The summed E-state index contributed by atoms with van der Waals surface area (Å²) in [7, 11) is -3.66. The number of nitrogens with zero attached hydrogens (tertiary/aromatic N) is 1. The van der Waals surface area contributed by atoms with Crippen molar-refractivity contribution in [2.24, 2.45) is 17.0 Å². The molecule has 17 heavy (non-hydrogen) atoms. The van der Waals surface area contributed by atoms with Crippen molar-refractivity contribution in [2.75, 3.05) is 19.6 Å². The van der Waals surface area contributed by atoms with Gasteiger partial charge < -0.3 is 5.32 Å². The Bertz CT molecular complexity index is 392. The van der Waals surface area contributed by atoms with Crippen LogP contribution < -0.4 is 10.5 Å². The molecule has 2 aliphatic rings. The van der Waals surface area contributed by atoms with Crippen molar-refractivity contribution >= 4 is 16.1 Å². The van der Waals surface area contributed by atoms with E-state index in [0.29, 0.717) is 18.9 Å². The fourth-order valence-electron chi connectivity index (χ4n) is 2.10. The number of hydrogen-bond acceptors (Lipinski definition) is 3. The quantitative estimate of drug-likeness (QED) is 0.709. The van der Waals surface area contributed by atoms with Gasteiger partial charge in [0.25, 0.3) is 10.2 Å². The molecule has 1 aliphatic carbocycles. The zero-order valence-corrected chi connectivity index (χ0v) is 10.6. The van der Waals surface area contributed by atoms with Crippen molar-refractivity contribution in [3.8, 4) is 0 Å². The van der Waals surface area contributed by atoms with E-state index in [1.54, 1.807) is 0 Å². The van der Waals surface area contributed by atoms with Crippen molar-refractivity contribution in [3.05, 3.63) is 0 Å². The van der Waals surface area contributed by atoms with Gasteiger partial charge in [-0.1, -0.05) is 0 Å². The van der Waals surface area contributed by atoms with E-state index in [9.17, 15) is 13.2 Å². The van der Waals surface area contributed by atoms with Crippen molar-refractivity contribution in [1.29, 1.82) is 0 Å². The summed E-state index contributed by atoms with van der Waals surface area (Å²) in [5, 5.41) is 7.96. The highest BCUT2D eigenvalue weighted by Crippen LogP contribution is 2.28. The Morgan fingerprint density at radius 1 is 1.35 bits per heavy atom. The Balaban J connectivity index is 1.85. The number of rotatable bonds is 4. The Hall–Kier alpha value is -0.660. The monoisotopic (exact) mass is 261 g/mol. The molecular formula is C10H19N3O3S. The summed E-state index contributed by atoms with van der Waals surface area (Å²) < 4.78 is 23.6. The molecule has 0 spiro atoms. The topological polar surface area (TPSA) is 92.5 Å². The van der Waals surface area contributed by atoms with E-state index >= 15 is 0 Å². The molecule has 2 rings (SSSR count). The van der Waals surface area contributed by atoms with Gasteiger partial charge in [0.1, 0.15) is 0 Å². The van der Waals surface area contributed by atoms with Gasteiger partial charge in [-0.3, -0.25) is 4.79 Å². The molecular weight excluding hydrogens is 242 g/mol. The first-order chi connectivity index (χ1) is 7.97. The van der Waals surface area contributed by atoms with Gasteiger partial charge in [0, 0.05) is 19.6 Å². The summed E-state index contributed by atoms with van der Waals surface area (Å²) >= 11 is 0. The predicted molar refractivity (Wildman–Crippen MR) is 63.1 cm³/mol. The third kappa shape index (κ3) is 3.65. The lowest BCUT2D eigenvalue weighted by molar-refractivity contribution is -0.126. The summed E-state index contributed by atoms with van der Waals surface area (Å²) in [6.07, 6.45) is 3.81. The van der Waals surface area contributed by atoms with Crippen LogP contribution in [-0.4, -0.2) is 38.3 Å². The number of nitrogens with two attached hydrogens (primary N) is 1. The second-order valence-corrected chi connectivity index (χ2v) is 6.48. The molecule has 0 radical (unpaired) electrons. The van der Waals surface area contributed by atoms with Crippen molar-refractivity contribution < 1.29 is 13.2 Å². The minimum atomic E-state index is -3.66. The molecule has 1 amide bonds. The third-order valence-electron chi connectivity index (χ3n) is 3.38. The van der Waals surface area contributed by atoms with Gasteiger partial charge in [-0.2, -0.15) is 12.7 Å². The Kier molecular flexibility index (Phi) is 3.70. The smallest absolute Gasteiger partial charge is 0.276 e. The van der Waals surface area contributed by atoms with Crippen LogP contribution in [0.25, 0.3) is 0 Å². The fourth-order valence-corrected chi connectivity index (χ4v) is 2.87. The molecule has 7 heteroatoms. The standard InChI is InChI=1S/C10H19N3O3S/c11-17(15,16)13-5-1-2-9(7-13)10(14)12-6-8-3-4-8/h8-9H,1-7H2,(H,12,14)(H2,11,15,16). The van der Waals surface area contributed by atoms with Gasteiger partial charge in [-0.15, -0.1) is 0 Å². The van der Waals surface area contributed by atoms with Crippen LogP contribution in [0.15, 0.2) is 0 Å². The normalized spacial score (nSPS) is 26.8. The average Bonchev–Trinajstić information content (AvgIpc) is 3.09. The second-order valence-electron chi connectivity index (χ2n) is 4.93. The maximum Gasteiger partial charge on any atom is 0.276 e. The van der Waals surface area contributed by atoms with Crippen LogP contribution in [-0.2, 0) is 15.0 Å². The summed E-state index contributed by atoms with van der Waals surface area (Å²) in [4.78, 5) is 11.8. The van der Waals surface area contributed by atoms with Gasteiger partial charge in [-0.25, -0.2) is 5.14 Å². The van der Waals surface area contributed by atoms with E-state index in [2.05, 4.69) is 5.32 Å². The van der Waals surface area contributed by atoms with Crippen LogP contribution >= 0.6 is 0 Å². The van der Waals surface area contributed by atoms with Gasteiger partial charge in [0.05, 0.1) is 5.92 Å². The number of hydrogen-bond donors (Lipinski definition) is 2. The van der Waals surface area contributed by atoms with Gasteiger partial charge in [0.2, 0.25) is 5.91 Å². The maximum atomic E-state index is 11.8. The number of amides is 1. The van der Waals surface area contributed by atoms with Crippen molar-refractivity contribution in [1.82, 2.24) is 9.62 Å². The maximum absolute atomic E-state index is 11.8. The first-order valence-electron chi connectivity index (χ1n) is 6.02. The highest BCUT2D eigenvalue weighted by molar-refractivity contribution is 7.86. The molecule has 1 saturated carbocycles. The zero-order valence-electron chi connectivity index (χ0n) is 9.76. The number of nitrogens with one attached hydrogen (secondary N) is 1. The van der Waals surface area contributed by atoms with E-state index in [0.717, 1.165) is 13.0 Å². The number of piperidine rings is 1. The molecule has 6 nitrogen and oxygen atoms in total. The molecule has 1 aliphatic heterocycles. The predicted octanol–water partition coefficient (Wildman–Crippen LogP) is -0.572. The van der Waals surface area contributed by atoms with Crippen LogP contribution in [0.5, 0.6) is 0 Å². The minimum absolute atomic E-state index is 0.0368. The Labute approximate surface area is 102 Å². The summed E-state index contributed by atoms with van der Waals surface area (Å²) in [5.41, 5.74) is 0. The van der Waals surface area contributed by atoms with Crippen LogP contribution in [0.1, 0.15) is 25.7 Å². The second kappa shape index (κ2) is 4.91. The summed E-state index contributed by atoms with van der Waals surface area (Å²) in [6, 6.07) is 0. The van der Waals surface area contributed by atoms with E-state index in [4.69, 9.17) is 5.14 Å². The van der Waals surface area contributed by atoms with E-state index < -0.39 is 10.2 Å². The first-order valence-corrected chi connectivity index (χ1v) is 7.52. The molecule has 0 aromatic carbocycles. The molecule has 1 heterocycles. The first kappa shape index (κ1) is 12.8. The van der Waals surface area contributed by atoms with Crippen molar-refractivity contribution in [2.45, 2.75) is 25.7 Å². The molecule has 0 aromatic rings. The lowest BCUT2D eigenvalue weighted by Crippen LogP contribution is -2.47. The van der Waals surface area contributed by atoms with Crippen LogP contribution in [0.4, 0.5) is 0 Å². The molecule has 3 N–H and O–H groups in total. The van der Waals surface area contributed by atoms with Gasteiger partial charge in [-0.05, 0) is 31.6 Å². The highest BCUT2D eigenvalue weighted by atomic mass is 32.2. The van der Waals surface area contributed by atoms with Crippen LogP contribution in [0.2, 0.25) is 0 Å². The molecule has 0 bridgehead atoms. The van der Waals surface area contributed by atoms with E-state index in [1.807, 2.05) is 0 Å². The minimum Gasteiger partial charge on any atom is -0.356 e. The third-order valence-corrected chi connectivity index (χ3v) is 4.43. The summed E-state index contributed by atoms with van der Waals surface area (Å²) in [5.74, 6) is 0.350. The van der Waals surface area contributed by atoms with E-state index in [1.165, 1.54) is 17.1 Å². The van der Waals surface area contributed by atoms with Crippen molar-refractivity contribution in [3.63, 3.8) is 0 Å². The zero-order chi connectivity index (χ0) is 12.5. The Morgan fingerprint density at radius 3 is 2.65 bits per heavy atom. The fraction of sp³-hybridized carbons (Fsp3) is 0.900. The van der Waals surface area contributed by atoms with Crippen LogP contribution in [0.3, 0.4) is 0 Å². The average molecular weight is 261 g/mol.